The number of aromatic hydroxyl groups is 1. The van der Waals surface area contributed by atoms with Crippen molar-refractivity contribution in [1.29, 1.82) is 0 Å². The van der Waals surface area contributed by atoms with Gasteiger partial charge in [-0.2, -0.15) is 4.52 Å². The van der Waals surface area contributed by atoms with Gasteiger partial charge >= 0.3 is 0 Å². The highest BCUT2D eigenvalue weighted by atomic mass is 32.1. The van der Waals surface area contributed by atoms with Crippen molar-refractivity contribution in [2.24, 2.45) is 5.92 Å². The number of piperidine rings is 1. The van der Waals surface area contributed by atoms with Crippen LogP contribution < -0.4 is 14.4 Å². The van der Waals surface area contributed by atoms with Gasteiger partial charge in [0.05, 0.1) is 32.9 Å². The molecule has 150 valence electrons. The molecule has 1 aliphatic rings. The van der Waals surface area contributed by atoms with E-state index < -0.39 is 0 Å². The summed E-state index contributed by atoms with van der Waals surface area (Å²) in [4.78, 5) is 7.44. The van der Waals surface area contributed by atoms with Crippen LogP contribution in [0.5, 0.6) is 17.4 Å². The van der Waals surface area contributed by atoms with Crippen LogP contribution in [0.2, 0.25) is 0 Å². The summed E-state index contributed by atoms with van der Waals surface area (Å²) in [6, 6.07) is 5.80. The first-order chi connectivity index (χ1) is 13.5. The number of quaternary nitrogens is 1. The molecule has 1 aliphatic heterocycles. The van der Waals surface area contributed by atoms with Gasteiger partial charge in [0.25, 0.3) is 0 Å². The van der Waals surface area contributed by atoms with E-state index in [0.29, 0.717) is 10.8 Å². The lowest BCUT2D eigenvalue weighted by atomic mass is 9.94. The van der Waals surface area contributed by atoms with E-state index in [9.17, 15) is 5.11 Å². The van der Waals surface area contributed by atoms with Crippen LogP contribution in [-0.4, -0.2) is 47.0 Å². The summed E-state index contributed by atoms with van der Waals surface area (Å²) in [7, 11) is 3.35. The SMILES string of the molecule is COc1ccc(OC)c([C@@H](c2sc3nc(C)nn3c2O)[NH+]2CCC(C)CC2)c1. The molecule has 4 rings (SSSR count). The highest BCUT2D eigenvalue weighted by molar-refractivity contribution is 7.17. The molecule has 3 heterocycles. The Morgan fingerprint density at radius 1 is 1.25 bits per heavy atom. The van der Waals surface area contributed by atoms with Crippen molar-refractivity contribution >= 4 is 16.3 Å². The third-order valence-corrected chi connectivity index (χ3v) is 6.73. The maximum atomic E-state index is 11.0. The van der Waals surface area contributed by atoms with Gasteiger partial charge in [-0.1, -0.05) is 18.3 Å². The summed E-state index contributed by atoms with van der Waals surface area (Å²) in [6.07, 6.45) is 2.33. The van der Waals surface area contributed by atoms with Crippen LogP contribution in [0.1, 0.15) is 42.1 Å². The third kappa shape index (κ3) is 3.31. The summed E-state index contributed by atoms with van der Waals surface area (Å²) in [6.45, 7) is 6.22. The lowest BCUT2D eigenvalue weighted by molar-refractivity contribution is -0.931. The van der Waals surface area contributed by atoms with Gasteiger partial charge in [-0.05, 0) is 43.9 Å². The van der Waals surface area contributed by atoms with E-state index in [4.69, 9.17) is 9.47 Å². The Balaban J connectivity index is 1.87. The van der Waals surface area contributed by atoms with Crippen LogP contribution in [0.25, 0.3) is 4.96 Å². The van der Waals surface area contributed by atoms with Crippen molar-refractivity contribution in [1.82, 2.24) is 14.6 Å². The molecule has 0 saturated carbocycles. The Kier molecular flexibility index (Phi) is 5.16. The number of rotatable bonds is 5. The van der Waals surface area contributed by atoms with E-state index >= 15 is 0 Å². The minimum atomic E-state index is -0.0636. The minimum absolute atomic E-state index is 0.0636. The van der Waals surface area contributed by atoms with Crippen molar-refractivity contribution in [3.63, 3.8) is 0 Å². The van der Waals surface area contributed by atoms with E-state index in [2.05, 4.69) is 17.0 Å². The fourth-order valence-corrected chi connectivity index (χ4v) is 5.25. The first-order valence-corrected chi connectivity index (χ1v) is 10.4. The number of methoxy groups -OCH3 is 2. The van der Waals surface area contributed by atoms with Crippen molar-refractivity contribution in [2.75, 3.05) is 27.3 Å². The molecule has 0 bridgehead atoms. The number of nitrogens with one attached hydrogen (secondary N) is 1. The zero-order chi connectivity index (χ0) is 19.8. The third-order valence-electron chi connectivity index (χ3n) is 5.64. The quantitative estimate of drug-likeness (QED) is 0.683. The molecule has 7 nitrogen and oxygen atoms in total. The normalized spacial score (nSPS) is 21.0. The van der Waals surface area contributed by atoms with Crippen LogP contribution in [-0.2, 0) is 0 Å². The number of aromatic nitrogens is 3. The Labute approximate surface area is 168 Å². The topological polar surface area (TPSA) is 73.3 Å². The minimum Gasteiger partial charge on any atom is -0.497 e. The number of thiazole rings is 1. The molecule has 0 spiro atoms. The van der Waals surface area contributed by atoms with Crippen molar-refractivity contribution < 1.29 is 19.5 Å². The standard InChI is InChI=1S/C20H26N4O3S/c1-12-7-9-23(10-8-12)17(15-11-14(26-3)5-6-16(15)27-4)18-19(25)24-20(28-18)21-13(2)22-24/h5-6,11-12,17,25H,7-10H2,1-4H3/p+1/t17-/m0/s1. The van der Waals surface area contributed by atoms with Gasteiger partial charge in [0.1, 0.15) is 22.2 Å². The van der Waals surface area contributed by atoms with E-state index in [1.165, 1.54) is 29.1 Å². The Bertz CT molecular complexity index is 975. The van der Waals surface area contributed by atoms with E-state index in [1.807, 2.05) is 25.1 Å². The molecule has 28 heavy (non-hydrogen) atoms. The number of hydrogen-bond acceptors (Lipinski definition) is 6. The number of fused-ring (bicyclic) bond motifs is 1. The van der Waals surface area contributed by atoms with Crippen molar-refractivity contribution in [3.05, 3.63) is 34.5 Å². The number of nitrogens with zero attached hydrogens (tertiary/aromatic N) is 3. The number of benzene rings is 1. The van der Waals surface area contributed by atoms with Crippen LogP contribution in [0.3, 0.4) is 0 Å². The molecule has 0 unspecified atom stereocenters. The average Bonchev–Trinajstić information content (AvgIpc) is 3.21. The van der Waals surface area contributed by atoms with Gasteiger partial charge in [0.15, 0.2) is 6.04 Å². The molecule has 1 atom stereocenters. The zero-order valence-electron chi connectivity index (χ0n) is 16.7. The van der Waals surface area contributed by atoms with Crippen LogP contribution >= 0.6 is 11.3 Å². The van der Waals surface area contributed by atoms with Crippen molar-refractivity contribution in [2.45, 2.75) is 32.7 Å². The summed E-state index contributed by atoms with van der Waals surface area (Å²) in [5.74, 6) is 3.13. The summed E-state index contributed by atoms with van der Waals surface area (Å²) in [5.41, 5.74) is 1.02. The average molecular weight is 404 g/mol. The molecule has 1 saturated heterocycles. The lowest BCUT2D eigenvalue weighted by Crippen LogP contribution is -3.13. The van der Waals surface area contributed by atoms with Crippen LogP contribution in [0.15, 0.2) is 18.2 Å². The monoisotopic (exact) mass is 403 g/mol. The molecular weight excluding hydrogens is 376 g/mol. The highest BCUT2D eigenvalue weighted by Gasteiger charge is 2.36. The fourth-order valence-electron chi connectivity index (χ4n) is 4.07. The molecule has 2 N–H and O–H groups in total. The van der Waals surface area contributed by atoms with Crippen LogP contribution in [0.4, 0.5) is 0 Å². The summed E-state index contributed by atoms with van der Waals surface area (Å²) >= 11 is 1.50. The molecule has 1 aromatic carbocycles. The lowest BCUT2D eigenvalue weighted by Gasteiger charge is -2.34. The predicted molar refractivity (Wildman–Crippen MR) is 108 cm³/mol. The highest BCUT2D eigenvalue weighted by Crippen LogP contribution is 2.39. The molecule has 1 fully saturated rings. The number of likely N-dealkylation sites (tertiary alicyclic amines) is 1. The van der Waals surface area contributed by atoms with E-state index in [1.54, 1.807) is 18.7 Å². The maximum Gasteiger partial charge on any atom is 0.235 e. The predicted octanol–water partition coefficient (Wildman–Crippen LogP) is 2.23. The van der Waals surface area contributed by atoms with Gasteiger partial charge in [0, 0.05) is 0 Å². The first kappa shape index (κ1) is 19.0. The second-order valence-electron chi connectivity index (χ2n) is 7.52. The number of aryl methyl sites for hydroxylation is 1. The largest absolute Gasteiger partial charge is 0.497 e. The van der Waals surface area contributed by atoms with Gasteiger partial charge in [0.2, 0.25) is 10.8 Å². The molecule has 0 aliphatic carbocycles. The van der Waals surface area contributed by atoms with Gasteiger partial charge in [-0.15, -0.1) is 5.10 Å². The van der Waals surface area contributed by atoms with E-state index in [-0.39, 0.29) is 11.9 Å². The molecule has 3 aromatic rings. The van der Waals surface area contributed by atoms with Crippen LogP contribution in [0, 0.1) is 12.8 Å². The number of ether oxygens (including phenoxy) is 2. The van der Waals surface area contributed by atoms with E-state index in [0.717, 1.165) is 40.9 Å². The first-order valence-electron chi connectivity index (χ1n) is 9.63. The summed E-state index contributed by atoms with van der Waals surface area (Å²) < 4.78 is 12.7. The molecular formula is C20H27N4O3S+. The Morgan fingerprint density at radius 3 is 2.64 bits per heavy atom. The van der Waals surface area contributed by atoms with Gasteiger partial charge in [-0.3, -0.25) is 0 Å². The molecule has 2 aromatic heterocycles. The van der Waals surface area contributed by atoms with Gasteiger partial charge < -0.3 is 19.5 Å². The second kappa shape index (κ2) is 7.60. The smallest absolute Gasteiger partial charge is 0.235 e. The zero-order valence-corrected chi connectivity index (χ0v) is 17.5. The summed E-state index contributed by atoms with van der Waals surface area (Å²) in [5, 5.41) is 15.3. The number of hydrogen-bond donors (Lipinski definition) is 2. The maximum absolute atomic E-state index is 11.0. The molecule has 8 heteroatoms. The fraction of sp³-hybridized carbons (Fsp3) is 0.500. The molecule has 0 amide bonds. The molecule has 0 radical (unpaired) electrons. The Hall–Kier alpha value is -2.32. The Morgan fingerprint density at radius 2 is 2.00 bits per heavy atom. The van der Waals surface area contributed by atoms with Gasteiger partial charge in [-0.25, -0.2) is 4.98 Å². The van der Waals surface area contributed by atoms with Crippen molar-refractivity contribution in [3.8, 4) is 17.4 Å². The second-order valence-corrected chi connectivity index (χ2v) is 8.53.